The van der Waals surface area contributed by atoms with Gasteiger partial charge in [-0.25, -0.2) is 0 Å². The Balaban J connectivity index is 1.17. The number of hydrogen-bond acceptors (Lipinski definition) is 6. The highest BCUT2D eigenvalue weighted by Gasteiger charge is 2.44. The first-order chi connectivity index (χ1) is 21.5. The van der Waals surface area contributed by atoms with Crippen LogP contribution in [0.15, 0.2) is 78.4 Å². The van der Waals surface area contributed by atoms with Gasteiger partial charge in [0.05, 0.1) is 12.6 Å². The molecular weight excluding hydrogens is 598 g/mol. The molecular formula is C33H30F2N6O3S. The van der Waals surface area contributed by atoms with Crippen LogP contribution in [0.1, 0.15) is 62.8 Å². The van der Waals surface area contributed by atoms with Gasteiger partial charge in [-0.15, -0.1) is 11.3 Å². The van der Waals surface area contributed by atoms with Gasteiger partial charge in [-0.3, -0.25) is 24.8 Å². The molecule has 1 unspecified atom stereocenters. The first-order valence-electron chi connectivity index (χ1n) is 14.4. The zero-order chi connectivity index (χ0) is 31.9. The minimum atomic E-state index is -3.16. The molecule has 45 heavy (non-hydrogen) atoms. The molecule has 6 rings (SSSR count). The van der Waals surface area contributed by atoms with Crippen LogP contribution < -0.4 is 16.4 Å². The number of fused-ring (bicyclic) bond motifs is 3. The van der Waals surface area contributed by atoms with Gasteiger partial charge in [0.2, 0.25) is 11.8 Å². The number of nitrogens with one attached hydrogen (secondary N) is 3. The normalized spacial score (nSPS) is 18.5. The van der Waals surface area contributed by atoms with E-state index >= 15 is 0 Å². The number of aromatic nitrogens is 1. The van der Waals surface area contributed by atoms with Crippen molar-refractivity contribution in [1.82, 2.24) is 20.5 Å². The summed E-state index contributed by atoms with van der Waals surface area (Å²) in [5.74, 6) is -4.71. The number of pyridine rings is 1. The quantitative estimate of drug-likeness (QED) is 0.168. The van der Waals surface area contributed by atoms with E-state index in [2.05, 4.69) is 15.6 Å². The second kappa shape index (κ2) is 11.8. The molecule has 1 saturated heterocycles. The molecule has 5 N–H and O–H groups in total. The van der Waals surface area contributed by atoms with Crippen LogP contribution in [-0.2, 0) is 15.5 Å². The number of nitrogens with zero attached hydrogens (tertiary/aromatic N) is 2. The minimum Gasteiger partial charge on any atom is -0.384 e. The topological polar surface area (TPSA) is 141 Å². The van der Waals surface area contributed by atoms with Gasteiger partial charge < -0.3 is 21.3 Å². The summed E-state index contributed by atoms with van der Waals surface area (Å²) in [6.07, 6.45) is 3.70. The summed E-state index contributed by atoms with van der Waals surface area (Å²) in [5.41, 5.74) is 7.61. The number of benzene rings is 2. The van der Waals surface area contributed by atoms with Crippen molar-refractivity contribution in [3.8, 4) is 11.1 Å². The van der Waals surface area contributed by atoms with Gasteiger partial charge in [-0.05, 0) is 60.4 Å². The monoisotopic (exact) mass is 628 g/mol. The van der Waals surface area contributed by atoms with E-state index in [9.17, 15) is 23.2 Å². The largest absolute Gasteiger partial charge is 0.384 e. The molecule has 0 radical (unpaired) electrons. The third-order valence-corrected chi connectivity index (χ3v) is 9.51. The average molecular weight is 629 g/mol. The number of hydrogen-bond donors (Lipinski definition) is 4. The summed E-state index contributed by atoms with van der Waals surface area (Å²) < 4.78 is 29.9. The van der Waals surface area contributed by atoms with Crippen molar-refractivity contribution in [2.24, 2.45) is 5.73 Å². The Kier molecular flexibility index (Phi) is 7.92. The number of alkyl halides is 2. The van der Waals surface area contributed by atoms with E-state index in [0.29, 0.717) is 17.5 Å². The zero-order valence-corrected chi connectivity index (χ0v) is 25.0. The number of nitrogen functional groups attached to an aromatic ring is 1. The lowest BCUT2D eigenvalue weighted by Crippen LogP contribution is -2.49. The van der Waals surface area contributed by atoms with Crippen LogP contribution in [-0.4, -0.2) is 52.6 Å². The molecule has 230 valence electrons. The number of halogens is 2. The maximum Gasteiger partial charge on any atom is 0.299 e. The fourth-order valence-electron chi connectivity index (χ4n) is 6.02. The molecule has 0 bridgehead atoms. The first-order valence-corrected chi connectivity index (χ1v) is 15.3. The van der Waals surface area contributed by atoms with E-state index in [1.165, 1.54) is 40.5 Å². The van der Waals surface area contributed by atoms with Crippen LogP contribution in [0.4, 0.5) is 8.78 Å². The average Bonchev–Trinajstić information content (AvgIpc) is 3.77. The van der Waals surface area contributed by atoms with Gasteiger partial charge in [0, 0.05) is 57.4 Å². The van der Waals surface area contributed by atoms with E-state index in [1.54, 1.807) is 42.0 Å². The number of carbonyl (C=O) groups is 3. The summed E-state index contributed by atoms with van der Waals surface area (Å²) in [6, 6.07) is 14.5. The third kappa shape index (κ3) is 5.68. The van der Waals surface area contributed by atoms with Crippen LogP contribution in [0, 0.1) is 5.41 Å². The lowest BCUT2D eigenvalue weighted by Gasteiger charge is -2.25. The maximum absolute atomic E-state index is 15.0. The van der Waals surface area contributed by atoms with Crippen LogP contribution >= 0.6 is 11.3 Å². The van der Waals surface area contributed by atoms with Crippen molar-refractivity contribution in [3.05, 3.63) is 111 Å². The highest BCUT2D eigenvalue weighted by atomic mass is 32.1. The van der Waals surface area contributed by atoms with Crippen molar-refractivity contribution in [2.75, 3.05) is 13.1 Å². The SMILES string of the molecule is CC(NC(=O)[C@@H]1C[C@@H](c2ccncc2)CN1C(=O)CNC(=O)c1ccc2c(c1)-c1ccccc1C2(F)F)c1cc(C(=N)N)cs1. The second-order valence-electron chi connectivity index (χ2n) is 11.2. The lowest BCUT2D eigenvalue weighted by molar-refractivity contribution is -0.137. The predicted molar refractivity (Wildman–Crippen MR) is 166 cm³/mol. The van der Waals surface area contributed by atoms with Crippen molar-refractivity contribution >= 4 is 34.9 Å². The van der Waals surface area contributed by atoms with Crippen molar-refractivity contribution in [2.45, 2.75) is 37.3 Å². The van der Waals surface area contributed by atoms with E-state index in [0.717, 1.165) is 10.4 Å². The van der Waals surface area contributed by atoms with Crippen LogP contribution in [0.5, 0.6) is 0 Å². The fourth-order valence-corrected chi connectivity index (χ4v) is 6.93. The van der Waals surface area contributed by atoms with Gasteiger partial charge in [0.1, 0.15) is 11.9 Å². The molecule has 1 aliphatic carbocycles. The number of thiophene rings is 1. The summed E-state index contributed by atoms with van der Waals surface area (Å²) in [7, 11) is 0. The maximum atomic E-state index is 15.0. The molecule has 1 fully saturated rings. The molecule has 3 amide bonds. The molecule has 2 aliphatic rings. The molecule has 1 aliphatic heterocycles. The molecule has 12 heteroatoms. The van der Waals surface area contributed by atoms with E-state index in [1.807, 2.05) is 19.1 Å². The molecule has 4 aromatic rings. The van der Waals surface area contributed by atoms with Crippen molar-refractivity contribution in [1.29, 1.82) is 5.41 Å². The standard InChI is InChI=1S/C33H30F2N6O3S/c1-18(28-14-22(17-45-28)30(36)37)40-32(44)27-13-21(19-8-10-38-11-9-19)16-41(27)29(42)15-39-31(43)20-6-7-26-24(12-20)23-4-2-3-5-25(23)33(26,34)35/h2-12,14,17-18,21,27H,13,15-16H2,1H3,(H3,36,37)(H,39,43)(H,40,44)/t18?,21-,27+/m1/s1. The molecule has 3 heterocycles. The predicted octanol–water partition coefficient (Wildman–Crippen LogP) is 4.54. The highest BCUT2D eigenvalue weighted by molar-refractivity contribution is 7.10. The van der Waals surface area contributed by atoms with E-state index in [-0.39, 0.29) is 59.0 Å². The molecule has 0 saturated carbocycles. The van der Waals surface area contributed by atoms with Gasteiger partial charge >= 0.3 is 0 Å². The number of amidine groups is 1. The Morgan fingerprint density at radius 3 is 2.53 bits per heavy atom. The Morgan fingerprint density at radius 2 is 1.80 bits per heavy atom. The van der Waals surface area contributed by atoms with Gasteiger partial charge in [0.25, 0.3) is 11.8 Å². The van der Waals surface area contributed by atoms with Crippen LogP contribution in [0.25, 0.3) is 11.1 Å². The Labute approximate surface area is 262 Å². The molecule has 3 atom stereocenters. The third-order valence-electron chi connectivity index (χ3n) is 8.39. The van der Waals surface area contributed by atoms with Crippen molar-refractivity contribution in [3.63, 3.8) is 0 Å². The van der Waals surface area contributed by atoms with Crippen molar-refractivity contribution < 1.29 is 23.2 Å². The number of likely N-dealkylation sites (tertiary alicyclic amines) is 1. The molecule has 2 aromatic heterocycles. The van der Waals surface area contributed by atoms with Gasteiger partial charge in [0.15, 0.2) is 0 Å². The summed E-state index contributed by atoms with van der Waals surface area (Å²) in [6.45, 7) is 1.71. The first kappa shape index (κ1) is 30.1. The van der Waals surface area contributed by atoms with E-state index < -0.39 is 23.8 Å². The van der Waals surface area contributed by atoms with Crippen LogP contribution in [0.2, 0.25) is 0 Å². The fraction of sp³-hybridized carbons (Fsp3) is 0.242. The molecule has 0 spiro atoms. The Bertz CT molecular complexity index is 1810. The van der Waals surface area contributed by atoms with Gasteiger partial charge in [-0.2, -0.15) is 8.78 Å². The zero-order valence-electron chi connectivity index (χ0n) is 24.2. The molecule has 2 aromatic carbocycles. The highest BCUT2D eigenvalue weighted by Crippen LogP contribution is 2.51. The smallest absolute Gasteiger partial charge is 0.299 e. The van der Waals surface area contributed by atoms with Gasteiger partial charge in [-0.1, -0.05) is 30.3 Å². The lowest BCUT2D eigenvalue weighted by atomic mass is 9.97. The van der Waals surface area contributed by atoms with Crippen LogP contribution in [0.3, 0.4) is 0 Å². The number of carbonyl (C=O) groups excluding carboxylic acids is 3. The number of amides is 3. The van der Waals surface area contributed by atoms with E-state index in [4.69, 9.17) is 11.1 Å². The minimum absolute atomic E-state index is 0.0616. The number of rotatable bonds is 8. The summed E-state index contributed by atoms with van der Waals surface area (Å²) >= 11 is 1.38. The summed E-state index contributed by atoms with van der Waals surface area (Å²) in [4.78, 5) is 46.5. The summed E-state index contributed by atoms with van der Waals surface area (Å²) in [5, 5.41) is 15.0. The Morgan fingerprint density at radius 1 is 1.07 bits per heavy atom. The second-order valence-corrected chi connectivity index (χ2v) is 12.2. The Hall–Kier alpha value is -4.97. The number of nitrogens with two attached hydrogens (primary N) is 1. The molecule has 9 nitrogen and oxygen atoms in total.